The normalized spacial score (nSPS) is 12.2. The number of aryl methyl sites for hydroxylation is 1. The van der Waals surface area contributed by atoms with Gasteiger partial charge in [0.05, 0.1) is 11.9 Å². The van der Waals surface area contributed by atoms with Gasteiger partial charge in [-0.2, -0.15) is 0 Å². The number of carbonyl (C=O) groups excluding carboxylic acids is 2. The van der Waals surface area contributed by atoms with Crippen LogP contribution in [0.3, 0.4) is 0 Å². The quantitative estimate of drug-likeness (QED) is 0.499. The standard InChI is InChI=1S/C24H32BrN3O4S/c1-6-13-26-24(30)19(4)27(15-20-10-8-11-21(25)14-20)23(29)16-28(33(5,31)32)22-12-7-9-17(2)18(22)3/h7-12,14,19H,6,13,15-16H2,1-5H3,(H,26,30)/t19-/m0/s1. The molecule has 9 heteroatoms. The number of nitrogens with zero attached hydrogens (tertiary/aromatic N) is 2. The van der Waals surface area contributed by atoms with E-state index in [0.29, 0.717) is 12.2 Å². The Labute approximate surface area is 205 Å². The van der Waals surface area contributed by atoms with Crippen molar-refractivity contribution in [1.29, 1.82) is 0 Å². The van der Waals surface area contributed by atoms with Gasteiger partial charge in [-0.1, -0.05) is 47.1 Å². The van der Waals surface area contributed by atoms with Gasteiger partial charge in [0.1, 0.15) is 12.6 Å². The van der Waals surface area contributed by atoms with E-state index in [1.807, 2.05) is 51.1 Å². The number of amides is 2. The zero-order chi connectivity index (χ0) is 24.8. The molecule has 2 aromatic rings. The van der Waals surface area contributed by atoms with Gasteiger partial charge in [-0.3, -0.25) is 13.9 Å². The number of sulfonamides is 1. The molecule has 0 aliphatic rings. The first kappa shape index (κ1) is 26.9. The van der Waals surface area contributed by atoms with E-state index >= 15 is 0 Å². The Bertz CT molecular complexity index is 1100. The van der Waals surface area contributed by atoms with Gasteiger partial charge in [-0.15, -0.1) is 0 Å². The molecule has 0 unspecified atom stereocenters. The number of benzene rings is 2. The molecule has 0 heterocycles. The molecule has 1 N–H and O–H groups in total. The molecule has 0 aliphatic carbocycles. The Balaban J connectivity index is 2.42. The Kier molecular flexibility index (Phi) is 9.48. The number of halogens is 1. The largest absolute Gasteiger partial charge is 0.354 e. The van der Waals surface area contributed by atoms with Crippen LogP contribution >= 0.6 is 15.9 Å². The SMILES string of the molecule is CCCNC(=O)[C@H](C)N(Cc1cccc(Br)c1)C(=O)CN(c1cccc(C)c1C)S(C)(=O)=O. The monoisotopic (exact) mass is 537 g/mol. The molecule has 180 valence electrons. The topological polar surface area (TPSA) is 86.8 Å². The van der Waals surface area contributed by atoms with Crippen molar-refractivity contribution < 1.29 is 18.0 Å². The van der Waals surface area contributed by atoms with Crippen molar-refractivity contribution in [3.8, 4) is 0 Å². The van der Waals surface area contributed by atoms with E-state index in [2.05, 4.69) is 21.2 Å². The highest BCUT2D eigenvalue weighted by Gasteiger charge is 2.30. The first-order chi connectivity index (χ1) is 15.5. The van der Waals surface area contributed by atoms with Crippen LogP contribution in [0.4, 0.5) is 5.69 Å². The summed E-state index contributed by atoms with van der Waals surface area (Å²) in [6.07, 6.45) is 1.85. The van der Waals surface area contributed by atoms with Crippen LogP contribution in [0.2, 0.25) is 0 Å². The van der Waals surface area contributed by atoms with E-state index in [9.17, 15) is 18.0 Å². The Morgan fingerprint density at radius 2 is 1.79 bits per heavy atom. The molecule has 0 radical (unpaired) electrons. The molecule has 0 fully saturated rings. The third kappa shape index (κ3) is 7.30. The molecular weight excluding hydrogens is 506 g/mol. The summed E-state index contributed by atoms with van der Waals surface area (Å²) in [4.78, 5) is 27.6. The van der Waals surface area contributed by atoms with Crippen molar-refractivity contribution in [3.05, 3.63) is 63.6 Å². The maximum Gasteiger partial charge on any atom is 0.244 e. The molecule has 2 rings (SSSR count). The van der Waals surface area contributed by atoms with Crippen molar-refractivity contribution in [2.75, 3.05) is 23.7 Å². The number of hydrogen-bond donors (Lipinski definition) is 1. The van der Waals surface area contributed by atoms with Crippen LogP contribution in [0.1, 0.15) is 37.0 Å². The molecule has 7 nitrogen and oxygen atoms in total. The van der Waals surface area contributed by atoms with Gasteiger partial charge in [-0.05, 0) is 62.1 Å². The summed E-state index contributed by atoms with van der Waals surface area (Å²) < 4.78 is 27.3. The van der Waals surface area contributed by atoms with E-state index in [0.717, 1.165) is 38.1 Å². The first-order valence-corrected chi connectivity index (χ1v) is 13.4. The predicted octanol–water partition coefficient (Wildman–Crippen LogP) is 3.78. The zero-order valence-electron chi connectivity index (χ0n) is 19.8. The van der Waals surface area contributed by atoms with Crippen molar-refractivity contribution >= 4 is 43.5 Å². The molecule has 2 amide bonds. The lowest BCUT2D eigenvalue weighted by Gasteiger charge is -2.32. The summed E-state index contributed by atoms with van der Waals surface area (Å²) in [5, 5.41) is 2.82. The third-order valence-electron chi connectivity index (χ3n) is 5.48. The molecule has 0 aliphatic heterocycles. The summed E-state index contributed by atoms with van der Waals surface area (Å²) in [6, 6.07) is 12.0. The number of anilines is 1. The zero-order valence-corrected chi connectivity index (χ0v) is 22.2. The van der Waals surface area contributed by atoms with E-state index in [-0.39, 0.29) is 12.5 Å². The fraction of sp³-hybridized carbons (Fsp3) is 0.417. The number of carbonyl (C=O) groups is 2. The fourth-order valence-corrected chi connectivity index (χ4v) is 4.76. The lowest BCUT2D eigenvalue weighted by molar-refractivity contribution is -0.139. The fourth-order valence-electron chi connectivity index (χ4n) is 3.41. The molecule has 0 spiro atoms. The number of nitrogens with one attached hydrogen (secondary N) is 1. The maximum absolute atomic E-state index is 13.5. The van der Waals surface area contributed by atoms with E-state index < -0.39 is 28.5 Å². The second kappa shape index (κ2) is 11.7. The number of hydrogen-bond acceptors (Lipinski definition) is 4. The first-order valence-electron chi connectivity index (χ1n) is 10.8. The molecule has 1 atom stereocenters. The van der Waals surface area contributed by atoms with Crippen LogP contribution in [0.25, 0.3) is 0 Å². The molecule has 2 aromatic carbocycles. The van der Waals surface area contributed by atoms with Gasteiger partial charge in [0.25, 0.3) is 0 Å². The maximum atomic E-state index is 13.5. The van der Waals surface area contributed by atoms with Gasteiger partial charge >= 0.3 is 0 Å². The number of rotatable bonds is 10. The lowest BCUT2D eigenvalue weighted by Crippen LogP contribution is -2.51. The van der Waals surface area contributed by atoms with Crippen LogP contribution in [0, 0.1) is 13.8 Å². The Morgan fingerprint density at radius 1 is 1.12 bits per heavy atom. The highest BCUT2D eigenvalue weighted by molar-refractivity contribution is 9.10. The van der Waals surface area contributed by atoms with Gasteiger partial charge in [0, 0.05) is 17.6 Å². The predicted molar refractivity (Wildman–Crippen MR) is 136 cm³/mol. The van der Waals surface area contributed by atoms with E-state index in [1.165, 1.54) is 4.90 Å². The second-order valence-electron chi connectivity index (χ2n) is 8.11. The van der Waals surface area contributed by atoms with Gasteiger partial charge < -0.3 is 10.2 Å². The highest BCUT2D eigenvalue weighted by atomic mass is 79.9. The van der Waals surface area contributed by atoms with Crippen LogP contribution in [0.15, 0.2) is 46.9 Å². The average molecular weight is 539 g/mol. The molecule has 0 aromatic heterocycles. The van der Waals surface area contributed by atoms with Crippen LogP contribution < -0.4 is 9.62 Å². The van der Waals surface area contributed by atoms with E-state index in [1.54, 1.807) is 19.1 Å². The van der Waals surface area contributed by atoms with Crippen molar-refractivity contribution in [2.24, 2.45) is 0 Å². The highest BCUT2D eigenvalue weighted by Crippen LogP contribution is 2.25. The molecule has 0 saturated carbocycles. The van der Waals surface area contributed by atoms with E-state index in [4.69, 9.17) is 0 Å². The van der Waals surface area contributed by atoms with Crippen LogP contribution in [0.5, 0.6) is 0 Å². The summed E-state index contributed by atoms with van der Waals surface area (Å²) in [6.45, 7) is 7.59. The van der Waals surface area contributed by atoms with Crippen molar-refractivity contribution in [3.63, 3.8) is 0 Å². The third-order valence-corrected chi connectivity index (χ3v) is 7.10. The van der Waals surface area contributed by atoms with Crippen molar-refractivity contribution in [1.82, 2.24) is 10.2 Å². The van der Waals surface area contributed by atoms with Crippen LogP contribution in [-0.2, 0) is 26.2 Å². The molecule has 33 heavy (non-hydrogen) atoms. The van der Waals surface area contributed by atoms with Gasteiger partial charge in [-0.25, -0.2) is 8.42 Å². The summed E-state index contributed by atoms with van der Waals surface area (Å²) in [5.41, 5.74) is 2.98. The Hall–Kier alpha value is -2.39. The minimum absolute atomic E-state index is 0.170. The Morgan fingerprint density at radius 3 is 2.39 bits per heavy atom. The van der Waals surface area contributed by atoms with Crippen molar-refractivity contribution in [2.45, 2.75) is 46.7 Å². The second-order valence-corrected chi connectivity index (χ2v) is 10.9. The van der Waals surface area contributed by atoms with Gasteiger partial charge in [0.15, 0.2) is 0 Å². The smallest absolute Gasteiger partial charge is 0.244 e. The average Bonchev–Trinajstić information content (AvgIpc) is 2.75. The molecule has 0 saturated heterocycles. The minimum atomic E-state index is -3.75. The molecule has 0 bridgehead atoms. The van der Waals surface area contributed by atoms with Gasteiger partial charge in [0.2, 0.25) is 21.8 Å². The summed E-state index contributed by atoms with van der Waals surface area (Å²) in [7, 11) is -3.75. The van der Waals surface area contributed by atoms with Crippen LogP contribution in [-0.4, -0.2) is 50.5 Å². The lowest BCUT2D eigenvalue weighted by atomic mass is 10.1. The summed E-state index contributed by atoms with van der Waals surface area (Å²) >= 11 is 3.43. The molecular formula is C24H32BrN3O4S. The minimum Gasteiger partial charge on any atom is -0.354 e. The summed E-state index contributed by atoms with van der Waals surface area (Å²) in [5.74, 6) is -0.738.